The molecule has 7 heteroatoms. The molecule has 1 N–H and O–H groups in total. The lowest BCUT2D eigenvalue weighted by molar-refractivity contribution is -0.131. The maximum absolute atomic E-state index is 12.2. The number of rotatable bonds is 6. The Morgan fingerprint density at radius 3 is 2.42 bits per heavy atom. The van der Waals surface area contributed by atoms with Gasteiger partial charge in [-0.3, -0.25) is 4.79 Å². The molecule has 1 aromatic carbocycles. The molecule has 0 bridgehead atoms. The molecule has 0 spiro atoms. The minimum Gasteiger partial charge on any atom is -0.460 e. The minimum absolute atomic E-state index is 0.306. The Labute approximate surface area is 141 Å². The van der Waals surface area contributed by atoms with Gasteiger partial charge in [-0.1, -0.05) is 0 Å². The van der Waals surface area contributed by atoms with Gasteiger partial charge < -0.3 is 24.3 Å². The summed E-state index contributed by atoms with van der Waals surface area (Å²) in [6.45, 7) is 2.30. The maximum atomic E-state index is 12.2. The summed E-state index contributed by atoms with van der Waals surface area (Å²) in [6.07, 6.45) is 0. The van der Waals surface area contributed by atoms with Crippen molar-refractivity contribution in [2.75, 3.05) is 46.2 Å². The Bertz CT molecular complexity index is 750. The Hall–Kier alpha value is -2.54. The zero-order valence-electron chi connectivity index (χ0n) is 14.7. The lowest BCUT2D eigenvalue weighted by atomic mass is 10.2. The highest BCUT2D eigenvalue weighted by Gasteiger charge is 2.16. The van der Waals surface area contributed by atoms with Gasteiger partial charge in [0.1, 0.15) is 18.1 Å². The van der Waals surface area contributed by atoms with Crippen molar-refractivity contribution in [2.24, 2.45) is 0 Å². The molecule has 0 unspecified atom stereocenters. The van der Waals surface area contributed by atoms with Crippen LogP contribution in [0.25, 0.3) is 10.9 Å². The lowest BCUT2D eigenvalue weighted by Crippen LogP contribution is -2.20. The highest BCUT2D eigenvalue weighted by molar-refractivity contribution is 5.99. The van der Waals surface area contributed by atoms with E-state index in [0.29, 0.717) is 35.5 Å². The molecular weight excluding hydrogens is 310 g/mol. The molecule has 0 saturated heterocycles. The van der Waals surface area contributed by atoms with E-state index >= 15 is 0 Å². The summed E-state index contributed by atoms with van der Waals surface area (Å²) in [5.41, 5.74) is 1.89. The van der Waals surface area contributed by atoms with E-state index in [1.54, 1.807) is 12.1 Å². The van der Waals surface area contributed by atoms with Gasteiger partial charge in [-0.25, -0.2) is 4.79 Å². The maximum Gasteiger partial charge on any atom is 0.354 e. The standard InChI is InChI=1S/C17H23N3O4/c1-11(21)24-16-9-12(20(4)5)8-14-13(16)10-15(18-14)17(22)23-7-6-19(2)3/h8-10,18H,6-7H2,1-5H3. The normalized spacial score (nSPS) is 10.9. The number of nitrogens with one attached hydrogen (secondary N) is 1. The summed E-state index contributed by atoms with van der Waals surface area (Å²) in [4.78, 5) is 30.4. The van der Waals surface area contributed by atoms with Crippen molar-refractivity contribution >= 4 is 28.5 Å². The molecular formula is C17H23N3O4. The van der Waals surface area contributed by atoms with Crippen LogP contribution >= 0.6 is 0 Å². The number of hydrogen-bond donors (Lipinski definition) is 1. The molecule has 2 aromatic rings. The van der Waals surface area contributed by atoms with Gasteiger partial charge >= 0.3 is 11.9 Å². The number of aromatic nitrogens is 1. The van der Waals surface area contributed by atoms with E-state index in [1.807, 2.05) is 44.1 Å². The van der Waals surface area contributed by atoms with Crippen LogP contribution in [0, 0.1) is 0 Å². The summed E-state index contributed by atoms with van der Waals surface area (Å²) in [7, 11) is 7.59. The predicted octanol–water partition coefficient (Wildman–Crippen LogP) is 1.88. The highest BCUT2D eigenvalue weighted by atomic mass is 16.5. The monoisotopic (exact) mass is 333 g/mol. The van der Waals surface area contributed by atoms with E-state index in [9.17, 15) is 9.59 Å². The van der Waals surface area contributed by atoms with Gasteiger partial charge in [-0.15, -0.1) is 0 Å². The molecule has 0 aliphatic rings. The van der Waals surface area contributed by atoms with Crippen LogP contribution in [0.15, 0.2) is 18.2 Å². The van der Waals surface area contributed by atoms with Gasteiger partial charge in [0.05, 0.1) is 5.52 Å². The Kier molecular flexibility index (Phi) is 5.46. The number of anilines is 1. The number of H-pyrrole nitrogens is 1. The van der Waals surface area contributed by atoms with Crippen molar-refractivity contribution in [2.45, 2.75) is 6.92 Å². The zero-order valence-corrected chi connectivity index (χ0v) is 14.7. The number of aromatic amines is 1. The molecule has 1 aromatic heterocycles. The van der Waals surface area contributed by atoms with Crippen LogP contribution < -0.4 is 9.64 Å². The molecule has 130 valence electrons. The second-order valence-corrected chi connectivity index (χ2v) is 6.02. The topological polar surface area (TPSA) is 74.9 Å². The summed E-state index contributed by atoms with van der Waals surface area (Å²) < 4.78 is 10.5. The van der Waals surface area contributed by atoms with Gasteiger partial charge in [0, 0.05) is 44.7 Å². The van der Waals surface area contributed by atoms with E-state index in [2.05, 4.69) is 4.98 Å². The quantitative estimate of drug-likeness (QED) is 0.643. The first kappa shape index (κ1) is 17.8. The molecule has 24 heavy (non-hydrogen) atoms. The number of likely N-dealkylation sites (N-methyl/N-ethyl adjacent to an activating group) is 1. The number of fused-ring (bicyclic) bond motifs is 1. The Morgan fingerprint density at radius 2 is 1.83 bits per heavy atom. The average Bonchev–Trinajstić information content (AvgIpc) is 2.90. The van der Waals surface area contributed by atoms with Crippen LogP contribution in [0.1, 0.15) is 17.4 Å². The highest BCUT2D eigenvalue weighted by Crippen LogP contribution is 2.32. The zero-order chi connectivity index (χ0) is 17.9. The van der Waals surface area contributed by atoms with E-state index in [-0.39, 0.29) is 0 Å². The fourth-order valence-electron chi connectivity index (χ4n) is 2.20. The number of ether oxygens (including phenoxy) is 2. The van der Waals surface area contributed by atoms with E-state index < -0.39 is 11.9 Å². The number of hydrogen-bond acceptors (Lipinski definition) is 6. The van der Waals surface area contributed by atoms with Crippen LogP contribution in [-0.4, -0.2) is 63.2 Å². The van der Waals surface area contributed by atoms with Crippen molar-refractivity contribution in [3.8, 4) is 5.75 Å². The van der Waals surface area contributed by atoms with Gasteiger partial charge in [0.25, 0.3) is 0 Å². The van der Waals surface area contributed by atoms with Gasteiger partial charge in [0.15, 0.2) is 0 Å². The predicted molar refractivity (Wildman–Crippen MR) is 92.8 cm³/mol. The van der Waals surface area contributed by atoms with Crippen LogP contribution in [0.4, 0.5) is 5.69 Å². The van der Waals surface area contributed by atoms with E-state index in [4.69, 9.17) is 9.47 Å². The minimum atomic E-state index is -0.437. The molecule has 0 aliphatic heterocycles. The van der Waals surface area contributed by atoms with Crippen LogP contribution in [0.2, 0.25) is 0 Å². The number of esters is 2. The van der Waals surface area contributed by atoms with Crippen molar-refractivity contribution in [1.29, 1.82) is 0 Å². The molecule has 0 atom stereocenters. The Morgan fingerprint density at radius 1 is 1.12 bits per heavy atom. The third-order valence-corrected chi connectivity index (χ3v) is 3.45. The largest absolute Gasteiger partial charge is 0.460 e. The molecule has 2 rings (SSSR count). The second kappa shape index (κ2) is 7.35. The number of benzene rings is 1. The number of nitrogens with zero attached hydrogens (tertiary/aromatic N) is 2. The first-order valence-corrected chi connectivity index (χ1v) is 7.62. The van der Waals surface area contributed by atoms with Crippen molar-refractivity contribution in [3.05, 3.63) is 23.9 Å². The first-order valence-electron chi connectivity index (χ1n) is 7.62. The average molecular weight is 333 g/mol. The fraction of sp³-hybridized carbons (Fsp3) is 0.412. The van der Waals surface area contributed by atoms with E-state index in [0.717, 1.165) is 5.69 Å². The Balaban J connectivity index is 2.34. The summed E-state index contributed by atoms with van der Waals surface area (Å²) in [5, 5.41) is 0.662. The van der Waals surface area contributed by atoms with Crippen LogP contribution in [0.3, 0.4) is 0 Å². The third-order valence-electron chi connectivity index (χ3n) is 3.45. The molecule has 7 nitrogen and oxygen atoms in total. The van der Waals surface area contributed by atoms with Crippen molar-refractivity contribution in [1.82, 2.24) is 9.88 Å². The van der Waals surface area contributed by atoms with Crippen molar-refractivity contribution in [3.63, 3.8) is 0 Å². The molecule has 1 heterocycles. The van der Waals surface area contributed by atoms with Crippen LogP contribution in [0.5, 0.6) is 5.75 Å². The molecule has 0 amide bonds. The molecule has 0 radical (unpaired) electrons. The number of carbonyl (C=O) groups is 2. The summed E-state index contributed by atoms with van der Waals surface area (Å²) >= 11 is 0. The number of carbonyl (C=O) groups excluding carboxylic acids is 2. The smallest absolute Gasteiger partial charge is 0.354 e. The van der Waals surface area contributed by atoms with E-state index in [1.165, 1.54) is 6.92 Å². The lowest BCUT2D eigenvalue weighted by Gasteiger charge is -2.14. The molecule has 0 saturated carbocycles. The molecule has 0 aliphatic carbocycles. The molecule has 0 fully saturated rings. The fourth-order valence-corrected chi connectivity index (χ4v) is 2.20. The summed E-state index contributed by atoms with van der Waals surface area (Å²) in [5.74, 6) is -0.441. The van der Waals surface area contributed by atoms with Crippen LogP contribution in [-0.2, 0) is 9.53 Å². The first-order chi connectivity index (χ1) is 11.3. The second-order valence-electron chi connectivity index (χ2n) is 6.02. The third kappa shape index (κ3) is 4.26. The van der Waals surface area contributed by atoms with Gasteiger partial charge in [-0.2, -0.15) is 0 Å². The SMILES string of the molecule is CC(=O)Oc1cc(N(C)C)cc2[nH]c(C(=O)OCCN(C)C)cc12. The van der Waals surface area contributed by atoms with Gasteiger partial charge in [0.2, 0.25) is 0 Å². The summed E-state index contributed by atoms with van der Waals surface area (Å²) in [6, 6.07) is 5.29. The van der Waals surface area contributed by atoms with Crippen molar-refractivity contribution < 1.29 is 19.1 Å². The van der Waals surface area contributed by atoms with Gasteiger partial charge in [-0.05, 0) is 26.2 Å².